The highest BCUT2D eigenvalue weighted by Gasteiger charge is 2.44. The number of likely N-dealkylation sites (tertiary alicyclic amines) is 2. The van der Waals surface area contributed by atoms with Crippen molar-refractivity contribution in [2.24, 2.45) is 0 Å². The monoisotopic (exact) mass is 399 g/mol. The Bertz CT molecular complexity index is 709. The largest absolute Gasteiger partial charge is 0.347 e. The van der Waals surface area contributed by atoms with Gasteiger partial charge in [0.15, 0.2) is 0 Å². The molecule has 29 heavy (non-hydrogen) atoms. The summed E-state index contributed by atoms with van der Waals surface area (Å²) in [6, 6.07) is 0. The van der Waals surface area contributed by atoms with Gasteiger partial charge in [0.2, 0.25) is 11.9 Å². The summed E-state index contributed by atoms with van der Waals surface area (Å²) in [6.07, 6.45) is 13.4. The van der Waals surface area contributed by atoms with Crippen molar-refractivity contribution in [3.63, 3.8) is 0 Å². The second-order valence-electron chi connectivity index (χ2n) is 9.50. The summed E-state index contributed by atoms with van der Waals surface area (Å²) in [5.41, 5.74) is 2.53. The number of fused-ring (bicyclic) bond motifs is 2. The van der Waals surface area contributed by atoms with Crippen LogP contribution in [0.15, 0.2) is 6.20 Å². The molecule has 1 unspecified atom stereocenters. The van der Waals surface area contributed by atoms with E-state index >= 15 is 0 Å². The maximum Gasteiger partial charge on any atom is 0.225 e. The number of nitrogens with zero attached hydrogens (tertiary/aromatic N) is 5. The van der Waals surface area contributed by atoms with Crippen LogP contribution in [0.5, 0.6) is 0 Å². The Labute approximate surface area is 175 Å². The van der Waals surface area contributed by atoms with Crippen LogP contribution in [0.3, 0.4) is 0 Å². The van der Waals surface area contributed by atoms with Crippen molar-refractivity contribution in [2.45, 2.75) is 69.6 Å². The van der Waals surface area contributed by atoms with Crippen LogP contribution in [0.4, 0.5) is 5.95 Å². The molecule has 160 valence electrons. The van der Waals surface area contributed by atoms with E-state index < -0.39 is 0 Å². The number of aromatic nitrogens is 2. The quantitative estimate of drug-likeness (QED) is 0.762. The first kappa shape index (κ1) is 20.6. The molecular weight excluding hydrogens is 362 g/mol. The SMILES string of the molecule is CN(C)c1ncc2c(n1)C1(CCCN(C(=O)CCCN3CCCCCC3)C1)CC2. The Kier molecular flexibility index (Phi) is 6.38. The first-order valence-electron chi connectivity index (χ1n) is 11.6. The third kappa shape index (κ3) is 4.57. The van der Waals surface area contributed by atoms with E-state index in [9.17, 15) is 4.79 Å². The summed E-state index contributed by atoms with van der Waals surface area (Å²) in [7, 11) is 3.98. The van der Waals surface area contributed by atoms with Gasteiger partial charge >= 0.3 is 0 Å². The molecule has 2 aliphatic heterocycles. The fraction of sp³-hybridized carbons (Fsp3) is 0.783. The maximum absolute atomic E-state index is 13.0. The molecule has 0 radical (unpaired) electrons. The first-order valence-corrected chi connectivity index (χ1v) is 11.6. The molecule has 1 amide bonds. The number of anilines is 1. The average molecular weight is 400 g/mol. The normalized spacial score (nSPS) is 25.1. The van der Waals surface area contributed by atoms with Crippen molar-refractivity contribution in [1.29, 1.82) is 0 Å². The molecule has 2 fully saturated rings. The fourth-order valence-corrected chi connectivity index (χ4v) is 5.46. The van der Waals surface area contributed by atoms with E-state index in [1.807, 2.05) is 25.2 Å². The van der Waals surface area contributed by atoms with Crippen LogP contribution in [-0.2, 0) is 16.6 Å². The minimum absolute atomic E-state index is 0.0434. The summed E-state index contributed by atoms with van der Waals surface area (Å²) < 4.78 is 0. The van der Waals surface area contributed by atoms with Gasteiger partial charge in [-0.3, -0.25) is 4.79 Å². The molecule has 2 saturated heterocycles. The second kappa shape index (κ2) is 8.99. The van der Waals surface area contributed by atoms with Crippen LogP contribution in [0.1, 0.15) is 69.0 Å². The van der Waals surface area contributed by atoms with Crippen molar-refractivity contribution in [3.8, 4) is 0 Å². The Balaban J connectivity index is 1.36. The second-order valence-corrected chi connectivity index (χ2v) is 9.50. The van der Waals surface area contributed by atoms with Crippen LogP contribution in [-0.4, -0.2) is 72.5 Å². The van der Waals surface area contributed by atoms with E-state index in [1.54, 1.807) is 0 Å². The molecule has 0 saturated carbocycles. The van der Waals surface area contributed by atoms with Crippen LogP contribution in [0.25, 0.3) is 0 Å². The van der Waals surface area contributed by atoms with Gasteiger partial charge in [-0.15, -0.1) is 0 Å². The molecule has 4 rings (SSSR count). The number of hydrogen-bond donors (Lipinski definition) is 0. The van der Waals surface area contributed by atoms with Gasteiger partial charge in [0.1, 0.15) is 0 Å². The number of aryl methyl sites for hydroxylation is 1. The predicted octanol–water partition coefficient (Wildman–Crippen LogP) is 3.01. The summed E-state index contributed by atoms with van der Waals surface area (Å²) >= 11 is 0. The number of carbonyl (C=O) groups is 1. The zero-order chi connectivity index (χ0) is 20.3. The summed E-state index contributed by atoms with van der Waals surface area (Å²) in [4.78, 5) is 29.1. The Morgan fingerprint density at radius 3 is 2.66 bits per heavy atom. The van der Waals surface area contributed by atoms with E-state index in [4.69, 9.17) is 4.98 Å². The smallest absolute Gasteiger partial charge is 0.225 e. The molecule has 1 spiro atoms. The zero-order valence-electron chi connectivity index (χ0n) is 18.3. The van der Waals surface area contributed by atoms with Crippen molar-refractivity contribution < 1.29 is 4.79 Å². The molecule has 0 N–H and O–H groups in total. The van der Waals surface area contributed by atoms with Crippen LogP contribution in [0, 0.1) is 0 Å². The third-order valence-corrected chi connectivity index (χ3v) is 7.12. The number of carbonyl (C=O) groups excluding carboxylic acids is 1. The highest BCUT2D eigenvalue weighted by Crippen LogP contribution is 2.44. The van der Waals surface area contributed by atoms with Gasteiger partial charge in [-0.25, -0.2) is 9.97 Å². The van der Waals surface area contributed by atoms with E-state index in [2.05, 4.69) is 14.8 Å². The zero-order valence-corrected chi connectivity index (χ0v) is 18.3. The van der Waals surface area contributed by atoms with Crippen LogP contribution < -0.4 is 4.90 Å². The van der Waals surface area contributed by atoms with Crippen LogP contribution in [0.2, 0.25) is 0 Å². The third-order valence-electron chi connectivity index (χ3n) is 7.12. The summed E-state index contributed by atoms with van der Waals surface area (Å²) in [6.45, 7) is 5.25. The van der Waals surface area contributed by atoms with Crippen molar-refractivity contribution >= 4 is 11.9 Å². The first-order chi connectivity index (χ1) is 14.1. The molecule has 6 nitrogen and oxygen atoms in total. The Hall–Kier alpha value is -1.69. The van der Waals surface area contributed by atoms with E-state index in [0.717, 1.165) is 57.7 Å². The predicted molar refractivity (Wildman–Crippen MR) is 116 cm³/mol. The lowest BCUT2D eigenvalue weighted by Crippen LogP contribution is -2.48. The lowest BCUT2D eigenvalue weighted by Gasteiger charge is -2.40. The average Bonchev–Trinajstić information content (AvgIpc) is 2.90. The molecule has 1 aliphatic carbocycles. The summed E-state index contributed by atoms with van der Waals surface area (Å²) in [5.74, 6) is 1.13. The van der Waals surface area contributed by atoms with Crippen LogP contribution >= 0.6 is 0 Å². The molecular formula is C23H37N5O. The molecule has 1 aromatic heterocycles. The molecule has 3 aliphatic rings. The van der Waals surface area contributed by atoms with Crippen molar-refractivity contribution in [1.82, 2.24) is 19.8 Å². The maximum atomic E-state index is 13.0. The van der Waals surface area contributed by atoms with Gasteiger partial charge in [0.25, 0.3) is 0 Å². The molecule has 0 aromatic carbocycles. The highest BCUT2D eigenvalue weighted by atomic mass is 16.2. The van der Waals surface area contributed by atoms with E-state index in [0.29, 0.717) is 12.3 Å². The van der Waals surface area contributed by atoms with Gasteiger partial charge in [-0.05, 0) is 70.1 Å². The number of rotatable bonds is 5. The van der Waals surface area contributed by atoms with Gasteiger partial charge in [-0.1, -0.05) is 12.8 Å². The highest BCUT2D eigenvalue weighted by molar-refractivity contribution is 5.76. The molecule has 1 aromatic rings. The lowest BCUT2D eigenvalue weighted by atomic mass is 9.77. The Morgan fingerprint density at radius 1 is 1.10 bits per heavy atom. The molecule has 3 heterocycles. The standard InChI is InChI=1S/C23H37N5O/c1-26(2)22-24-17-19-10-12-23(21(19)25-22)11-8-16-28(18-23)20(29)9-7-15-27-13-5-3-4-6-14-27/h17H,3-16,18H2,1-2H3. The van der Waals surface area contributed by atoms with Gasteiger partial charge in [-0.2, -0.15) is 0 Å². The lowest BCUT2D eigenvalue weighted by molar-refractivity contribution is -0.133. The van der Waals surface area contributed by atoms with Gasteiger partial charge in [0.05, 0.1) is 5.69 Å². The minimum atomic E-state index is 0.0434. The van der Waals surface area contributed by atoms with Gasteiger partial charge < -0.3 is 14.7 Å². The number of amides is 1. The fourth-order valence-electron chi connectivity index (χ4n) is 5.46. The molecule has 0 bridgehead atoms. The Morgan fingerprint density at radius 2 is 1.90 bits per heavy atom. The van der Waals surface area contributed by atoms with Gasteiger partial charge in [0, 0.05) is 45.2 Å². The van der Waals surface area contributed by atoms with E-state index in [-0.39, 0.29) is 5.41 Å². The topological polar surface area (TPSA) is 52.6 Å². The minimum Gasteiger partial charge on any atom is -0.347 e. The van der Waals surface area contributed by atoms with Crippen molar-refractivity contribution in [2.75, 3.05) is 51.7 Å². The molecule has 6 heteroatoms. The summed E-state index contributed by atoms with van der Waals surface area (Å²) in [5, 5.41) is 0. The van der Waals surface area contributed by atoms with E-state index in [1.165, 1.54) is 50.0 Å². The van der Waals surface area contributed by atoms with Crippen molar-refractivity contribution in [3.05, 3.63) is 17.5 Å². The number of piperidine rings is 1. The molecule has 1 atom stereocenters. The number of hydrogen-bond acceptors (Lipinski definition) is 5.